The van der Waals surface area contributed by atoms with Gasteiger partial charge < -0.3 is 0 Å². The summed E-state index contributed by atoms with van der Waals surface area (Å²) in [5.41, 5.74) is 5.14. The van der Waals surface area contributed by atoms with Crippen LogP contribution in [0.15, 0.2) is 46.9 Å². The first-order valence-corrected chi connectivity index (χ1v) is 5.79. The smallest absolute Gasteiger partial charge is 0.0253 e. The van der Waals surface area contributed by atoms with Crippen LogP contribution in [-0.4, -0.2) is 0 Å². The Kier molecular flexibility index (Phi) is 2.92. The zero-order valence-electron chi connectivity index (χ0n) is 8.92. The molecule has 0 amide bonds. The third-order valence-corrected chi connectivity index (χ3v) is 3.10. The van der Waals surface area contributed by atoms with E-state index in [-0.39, 0.29) is 0 Å². The average molecular weight is 261 g/mol. The first kappa shape index (κ1) is 10.4. The third kappa shape index (κ3) is 2.29. The van der Waals surface area contributed by atoms with E-state index in [1.807, 2.05) is 6.07 Å². The van der Waals surface area contributed by atoms with Gasteiger partial charge in [-0.05, 0) is 31.0 Å². The number of hydrogen-bond donors (Lipinski definition) is 0. The van der Waals surface area contributed by atoms with Gasteiger partial charge >= 0.3 is 0 Å². The Morgan fingerprint density at radius 2 is 1.47 bits per heavy atom. The van der Waals surface area contributed by atoms with Gasteiger partial charge in [-0.25, -0.2) is 0 Å². The van der Waals surface area contributed by atoms with E-state index >= 15 is 0 Å². The van der Waals surface area contributed by atoms with Crippen molar-refractivity contribution in [1.29, 1.82) is 0 Å². The Morgan fingerprint density at radius 3 is 2.07 bits per heavy atom. The van der Waals surface area contributed by atoms with E-state index in [1.54, 1.807) is 0 Å². The van der Waals surface area contributed by atoms with E-state index in [0.29, 0.717) is 0 Å². The number of benzene rings is 2. The largest absolute Gasteiger partial charge is 0.0616 e. The molecule has 0 spiro atoms. The van der Waals surface area contributed by atoms with E-state index < -0.39 is 0 Å². The molecule has 0 heterocycles. The molecule has 0 atom stereocenters. The number of rotatable bonds is 1. The van der Waals surface area contributed by atoms with Gasteiger partial charge in [0.25, 0.3) is 0 Å². The van der Waals surface area contributed by atoms with Crippen LogP contribution in [0, 0.1) is 13.8 Å². The van der Waals surface area contributed by atoms with Crippen LogP contribution >= 0.6 is 15.9 Å². The van der Waals surface area contributed by atoms with Gasteiger partial charge in [-0.3, -0.25) is 0 Å². The topological polar surface area (TPSA) is 0 Å². The fraction of sp³-hybridized carbons (Fsp3) is 0.143. The Morgan fingerprint density at radius 1 is 0.867 bits per heavy atom. The van der Waals surface area contributed by atoms with Gasteiger partial charge in [-0.1, -0.05) is 63.5 Å². The van der Waals surface area contributed by atoms with Crippen molar-refractivity contribution in [2.45, 2.75) is 13.8 Å². The first-order chi connectivity index (χ1) is 7.16. The normalized spacial score (nSPS) is 10.3. The van der Waals surface area contributed by atoms with Crippen LogP contribution in [-0.2, 0) is 0 Å². The second kappa shape index (κ2) is 4.19. The lowest BCUT2D eigenvalue weighted by atomic mass is 10.0. The summed E-state index contributed by atoms with van der Waals surface area (Å²) in [5, 5.41) is 0. The van der Waals surface area contributed by atoms with Gasteiger partial charge in [0.1, 0.15) is 0 Å². The lowest BCUT2D eigenvalue weighted by molar-refractivity contribution is 1.38. The number of aryl methyl sites for hydroxylation is 2. The van der Waals surface area contributed by atoms with E-state index in [2.05, 4.69) is 66.2 Å². The SMILES string of the molecule is Cc1cc(C)cc(-c2ccccc2Br)c1. The maximum Gasteiger partial charge on any atom is 0.0253 e. The standard InChI is InChI=1S/C14H13Br/c1-10-7-11(2)9-12(8-10)13-5-3-4-6-14(13)15/h3-9H,1-2H3. The summed E-state index contributed by atoms with van der Waals surface area (Å²) in [7, 11) is 0. The lowest BCUT2D eigenvalue weighted by Gasteiger charge is -2.07. The summed E-state index contributed by atoms with van der Waals surface area (Å²) in [6.45, 7) is 4.26. The Balaban J connectivity index is 2.59. The molecule has 0 radical (unpaired) electrons. The van der Waals surface area contributed by atoms with Crippen LogP contribution in [0.4, 0.5) is 0 Å². The van der Waals surface area contributed by atoms with Crippen molar-refractivity contribution < 1.29 is 0 Å². The second-order valence-electron chi connectivity index (χ2n) is 3.86. The summed E-state index contributed by atoms with van der Waals surface area (Å²) in [6.07, 6.45) is 0. The van der Waals surface area contributed by atoms with E-state index in [4.69, 9.17) is 0 Å². The third-order valence-electron chi connectivity index (χ3n) is 2.41. The maximum absolute atomic E-state index is 3.58. The van der Waals surface area contributed by atoms with Crippen molar-refractivity contribution >= 4 is 15.9 Å². The van der Waals surface area contributed by atoms with Gasteiger partial charge in [-0.15, -0.1) is 0 Å². The molecule has 2 aromatic rings. The van der Waals surface area contributed by atoms with Crippen molar-refractivity contribution in [2.24, 2.45) is 0 Å². The summed E-state index contributed by atoms with van der Waals surface area (Å²) >= 11 is 3.58. The number of hydrogen-bond acceptors (Lipinski definition) is 0. The molecular formula is C14H13Br. The van der Waals surface area contributed by atoms with Crippen LogP contribution < -0.4 is 0 Å². The van der Waals surface area contributed by atoms with Crippen LogP contribution in [0.1, 0.15) is 11.1 Å². The van der Waals surface area contributed by atoms with Crippen molar-refractivity contribution in [2.75, 3.05) is 0 Å². The van der Waals surface area contributed by atoms with Gasteiger partial charge in [0.2, 0.25) is 0 Å². The molecule has 0 bridgehead atoms. The molecule has 0 saturated carbocycles. The van der Waals surface area contributed by atoms with Crippen LogP contribution in [0.25, 0.3) is 11.1 Å². The van der Waals surface area contributed by atoms with Crippen molar-refractivity contribution in [3.05, 3.63) is 58.1 Å². The van der Waals surface area contributed by atoms with E-state index in [0.717, 1.165) is 4.47 Å². The average Bonchev–Trinajstić information content (AvgIpc) is 2.16. The molecule has 0 aromatic heterocycles. The van der Waals surface area contributed by atoms with Gasteiger partial charge in [-0.2, -0.15) is 0 Å². The second-order valence-corrected chi connectivity index (χ2v) is 4.71. The molecule has 0 unspecified atom stereocenters. The monoisotopic (exact) mass is 260 g/mol. The zero-order chi connectivity index (χ0) is 10.8. The Labute approximate surface area is 99.1 Å². The fourth-order valence-electron chi connectivity index (χ4n) is 1.83. The van der Waals surface area contributed by atoms with Crippen molar-refractivity contribution in [3.8, 4) is 11.1 Å². The highest BCUT2D eigenvalue weighted by molar-refractivity contribution is 9.10. The fourth-order valence-corrected chi connectivity index (χ4v) is 2.34. The molecule has 0 saturated heterocycles. The Bertz CT molecular complexity index is 466. The van der Waals surface area contributed by atoms with Crippen LogP contribution in [0.3, 0.4) is 0 Å². The number of halogens is 1. The zero-order valence-corrected chi connectivity index (χ0v) is 10.5. The Hall–Kier alpha value is -1.08. The predicted octanol–water partition coefficient (Wildman–Crippen LogP) is 4.73. The minimum atomic E-state index is 1.15. The van der Waals surface area contributed by atoms with Gasteiger partial charge in [0.15, 0.2) is 0 Å². The van der Waals surface area contributed by atoms with E-state index in [1.165, 1.54) is 22.3 Å². The molecule has 0 fully saturated rings. The quantitative estimate of drug-likeness (QED) is 0.696. The maximum atomic E-state index is 3.58. The molecule has 0 N–H and O–H groups in total. The van der Waals surface area contributed by atoms with Crippen molar-refractivity contribution in [3.63, 3.8) is 0 Å². The summed E-state index contributed by atoms with van der Waals surface area (Å²) in [4.78, 5) is 0. The molecular weight excluding hydrogens is 248 g/mol. The predicted molar refractivity (Wildman–Crippen MR) is 69.1 cm³/mol. The highest BCUT2D eigenvalue weighted by Gasteiger charge is 2.02. The molecule has 2 rings (SSSR count). The highest BCUT2D eigenvalue weighted by atomic mass is 79.9. The molecule has 1 heteroatoms. The van der Waals surface area contributed by atoms with Gasteiger partial charge in [0, 0.05) is 4.47 Å². The molecule has 2 aromatic carbocycles. The molecule has 0 aliphatic carbocycles. The summed E-state index contributed by atoms with van der Waals surface area (Å²) in [6, 6.07) is 14.9. The minimum absolute atomic E-state index is 1.15. The minimum Gasteiger partial charge on any atom is -0.0616 e. The molecule has 0 nitrogen and oxygen atoms in total. The van der Waals surface area contributed by atoms with Crippen LogP contribution in [0.2, 0.25) is 0 Å². The van der Waals surface area contributed by atoms with E-state index in [9.17, 15) is 0 Å². The molecule has 76 valence electrons. The summed E-state index contributed by atoms with van der Waals surface area (Å²) in [5.74, 6) is 0. The van der Waals surface area contributed by atoms with Crippen molar-refractivity contribution in [1.82, 2.24) is 0 Å². The molecule has 0 aliphatic heterocycles. The summed E-state index contributed by atoms with van der Waals surface area (Å²) < 4.78 is 1.15. The molecule has 15 heavy (non-hydrogen) atoms. The lowest BCUT2D eigenvalue weighted by Crippen LogP contribution is -1.83. The molecule has 0 aliphatic rings. The van der Waals surface area contributed by atoms with Crippen LogP contribution in [0.5, 0.6) is 0 Å². The highest BCUT2D eigenvalue weighted by Crippen LogP contribution is 2.29. The first-order valence-electron chi connectivity index (χ1n) is 5.00. The van der Waals surface area contributed by atoms with Gasteiger partial charge in [0.05, 0.1) is 0 Å².